The van der Waals surface area contributed by atoms with Crippen molar-refractivity contribution in [2.24, 2.45) is 13.0 Å². The molecule has 3 aromatic rings. The minimum Gasteiger partial charge on any atom is -0.334 e. The van der Waals surface area contributed by atoms with Gasteiger partial charge in [0.15, 0.2) is 5.82 Å². The van der Waals surface area contributed by atoms with Gasteiger partial charge in [-0.15, -0.1) is 10.2 Å². The first-order chi connectivity index (χ1) is 14.0. The van der Waals surface area contributed by atoms with Gasteiger partial charge in [-0.2, -0.15) is 5.10 Å². The van der Waals surface area contributed by atoms with Crippen LogP contribution < -0.4 is 0 Å². The molecule has 5 rings (SSSR count). The molecule has 29 heavy (non-hydrogen) atoms. The average molecular weight is 398 g/mol. The van der Waals surface area contributed by atoms with E-state index in [0.29, 0.717) is 30.4 Å². The normalized spacial score (nSPS) is 16.2. The fraction of sp³-hybridized carbons (Fsp3) is 0.400. The summed E-state index contributed by atoms with van der Waals surface area (Å²) in [5.41, 5.74) is 2.34. The van der Waals surface area contributed by atoms with Crippen molar-refractivity contribution < 1.29 is 13.6 Å². The summed E-state index contributed by atoms with van der Waals surface area (Å²) in [6, 6.07) is 2.93. The third-order valence-electron chi connectivity index (χ3n) is 5.67. The minimum atomic E-state index is -0.724. The lowest BCUT2D eigenvalue weighted by atomic mass is 10.0. The molecule has 0 saturated heterocycles. The van der Waals surface area contributed by atoms with Crippen molar-refractivity contribution in [3.05, 3.63) is 53.0 Å². The van der Waals surface area contributed by atoms with Gasteiger partial charge in [-0.05, 0) is 37.0 Å². The van der Waals surface area contributed by atoms with E-state index in [4.69, 9.17) is 0 Å². The average Bonchev–Trinajstić information content (AvgIpc) is 3.32. The first kappa shape index (κ1) is 18.0. The highest BCUT2D eigenvalue weighted by Crippen LogP contribution is 2.34. The first-order valence-corrected chi connectivity index (χ1v) is 9.68. The number of fused-ring (bicyclic) bond motifs is 1. The fourth-order valence-corrected chi connectivity index (χ4v) is 3.93. The van der Waals surface area contributed by atoms with Crippen LogP contribution in [0.15, 0.2) is 24.5 Å². The van der Waals surface area contributed by atoms with Crippen LogP contribution in [0.1, 0.15) is 34.5 Å². The highest BCUT2D eigenvalue weighted by molar-refractivity contribution is 5.94. The Bertz CT molecular complexity index is 1100. The van der Waals surface area contributed by atoms with Gasteiger partial charge in [0.2, 0.25) is 0 Å². The van der Waals surface area contributed by atoms with Crippen molar-refractivity contribution in [2.45, 2.75) is 32.4 Å². The maximum absolute atomic E-state index is 14.1. The Labute approximate surface area is 166 Å². The quantitative estimate of drug-likeness (QED) is 0.677. The predicted octanol–water partition coefficient (Wildman–Crippen LogP) is 2.57. The summed E-state index contributed by atoms with van der Waals surface area (Å²) in [5.74, 6) is -0.555. The molecule has 1 aromatic carbocycles. The summed E-state index contributed by atoms with van der Waals surface area (Å²) < 4.78 is 31.5. The third-order valence-corrected chi connectivity index (χ3v) is 5.67. The lowest BCUT2D eigenvalue weighted by molar-refractivity contribution is 0.0728. The van der Waals surface area contributed by atoms with Crippen LogP contribution in [0.5, 0.6) is 0 Å². The van der Waals surface area contributed by atoms with E-state index < -0.39 is 17.5 Å². The predicted molar refractivity (Wildman–Crippen MR) is 99.8 cm³/mol. The molecular formula is C20H20F2N6O. The molecule has 0 spiro atoms. The number of halogens is 2. The summed E-state index contributed by atoms with van der Waals surface area (Å²) in [5, 5.41) is 13.0. The van der Waals surface area contributed by atoms with Gasteiger partial charge >= 0.3 is 0 Å². The number of aryl methyl sites for hydroxylation is 1. The molecule has 9 heteroatoms. The zero-order valence-electron chi connectivity index (χ0n) is 16.0. The zero-order valence-corrected chi connectivity index (χ0v) is 16.0. The second kappa shape index (κ2) is 6.75. The molecule has 1 aliphatic carbocycles. The lowest BCUT2D eigenvalue weighted by Gasteiger charge is -2.28. The van der Waals surface area contributed by atoms with E-state index in [1.165, 1.54) is 17.7 Å². The molecule has 0 N–H and O–H groups in total. The van der Waals surface area contributed by atoms with Crippen molar-refractivity contribution in [1.29, 1.82) is 0 Å². The van der Waals surface area contributed by atoms with Gasteiger partial charge in [0.25, 0.3) is 5.91 Å². The summed E-state index contributed by atoms with van der Waals surface area (Å²) in [6.07, 6.45) is 4.71. The number of rotatable bonds is 4. The molecule has 0 atom stereocenters. The second-order valence-electron chi connectivity index (χ2n) is 7.75. The van der Waals surface area contributed by atoms with E-state index in [2.05, 4.69) is 15.3 Å². The van der Waals surface area contributed by atoms with Crippen LogP contribution >= 0.6 is 0 Å². The minimum absolute atomic E-state index is 0.254. The molecule has 1 aliphatic heterocycles. The van der Waals surface area contributed by atoms with Crippen LogP contribution in [-0.4, -0.2) is 41.9 Å². The van der Waals surface area contributed by atoms with Crippen molar-refractivity contribution in [2.75, 3.05) is 6.54 Å². The van der Waals surface area contributed by atoms with E-state index >= 15 is 0 Å². The molecule has 3 heterocycles. The first-order valence-electron chi connectivity index (χ1n) is 9.68. The number of nitrogens with zero attached hydrogens (tertiary/aromatic N) is 6. The zero-order chi connectivity index (χ0) is 20.1. The Kier molecular flexibility index (Phi) is 4.18. The molecule has 150 valence electrons. The van der Waals surface area contributed by atoms with Crippen LogP contribution in [0.25, 0.3) is 11.5 Å². The standard InChI is InChI=1S/C20H20F2N6O/c1-26-17-6-7-27(20(29)14-8-13(21)4-5-16(14)22)10-15(17)18(25-26)19-24-23-11-28(19)9-12-2-3-12/h4-5,8,11-12H,2-3,6-7,9-10H2,1H3. The molecule has 2 aromatic heterocycles. The van der Waals surface area contributed by atoms with E-state index in [0.717, 1.165) is 36.0 Å². The fourth-order valence-electron chi connectivity index (χ4n) is 3.93. The van der Waals surface area contributed by atoms with Crippen molar-refractivity contribution in [3.63, 3.8) is 0 Å². The Balaban J connectivity index is 1.48. The number of carbonyl (C=O) groups is 1. The van der Waals surface area contributed by atoms with E-state index in [9.17, 15) is 13.6 Å². The number of benzene rings is 1. The van der Waals surface area contributed by atoms with Gasteiger partial charge in [0.1, 0.15) is 23.7 Å². The Morgan fingerprint density at radius 1 is 1.28 bits per heavy atom. The number of carbonyl (C=O) groups excluding carboxylic acids is 1. The van der Waals surface area contributed by atoms with Gasteiger partial charge in [-0.1, -0.05) is 0 Å². The number of hydrogen-bond donors (Lipinski definition) is 0. The van der Waals surface area contributed by atoms with E-state index in [-0.39, 0.29) is 12.1 Å². The van der Waals surface area contributed by atoms with Crippen LogP contribution in [0.2, 0.25) is 0 Å². The highest BCUT2D eigenvalue weighted by Gasteiger charge is 2.31. The Hall–Kier alpha value is -3.10. The molecule has 7 nitrogen and oxygen atoms in total. The van der Waals surface area contributed by atoms with Gasteiger partial charge in [-0.3, -0.25) is 9.48 Å². The van der Waals surface area contributed by atoms with Crippen LogP contribution in [0.3, 0.4) is 0 Å². The van der Waals surface area contributed by atoms with Crippen molar-refractivity contribution >= 4 is 5.91 Å². The lowest BCUT2D eigenvalue weighted by Crippen LogP contribution is -2.36. The molecular weight excluding hydrogens is 378 g/mol. The molecule has 1 amide bonds. The summed E-state index contributed by atoms with van der Waals surface area (Å²) in [4.78, 5) is 14.4. The Morgan fingerprint density at radius 2 is 2.10 bits per heavy atom. The van der Waals surface area contributed by atoms with Gasteiger partial charge in [0, 0.05) is 37.8 Å². The Morgan fingerprint density at radius 3 is 2.90 bits per heavy atom. The van der Waals surface area contributed by atoms with Crippen LogP contribution in [0.4, 0.5) is 8.78 Å². The van der Waals surface area contributed by atoms with Gasteiger partial charge in [0.05, 0.1) is 12.1 Å². The second-order valence-corrected chi connectivity index (χ2v) is 7.75. The maximum atomic E-state index is 14.1. The van der Waals surface area contributed by atoms with Crippen molar-refractivity contribution in [3.8, 4) is 11.5 Å². The van der Waals surface area contributed by atoms with Crippen LogP contribution in [-0.2, 0) is 26.6 Å². The number of aromatic nitrogens is 5. The number of amides is 1. The smallest absolute Gasteiger partial charge is 0.257 e. The summed E-state index contributed by atoms with van der Waals surface area (Å²) in [7, 11) is 1.87. The van der Waals surface area contributed by atoms with E-state index in [1.54, 1.807) is 6.33 Å². The SMILES string of the molecule is Cn1nc(-c2nncn2CC2CC2)c2c1CCN(C(=O)c1cc(F)ccc1F)C2. The summed E-state index contributed by atoms with van der Waals surface area (Å²) >= 11 is 0. The third kappa shape index (κ3) is 3.20. The topological polar surface area (TPSA) is 68.8 Å². The summed E-state index contributed by atoms with van der Waals surface area (Å²) in [6.45, 7) is 1.53. The van der Waals surface area contributed by atoms with E-state index in [1.807, 2.05) is 16.3 Å². The largest absolute Gasteiger partial charge is 0.334 e. The molecule has 2 aliphatic rings. The number of hydrogen-bond acceptors (Lipinski definition) is 4. The monoisotopic (exact) mass is 398 g/mol. The van der Waals surface area contributed by atoms with Gasteiger partial charge < -0.3 is 9.47 Å². The highest BCUT2D eigenvalue weighted by atomic mass is 19.1. The molecule has 1 saturated carbocycles. The molecule has 0 radical (unpaired) electrons. The van der Waals surface area contributed by atoms with Crippen molar-refractivity contribution in [1.82, 2.24) is 29.4 Å². The molecule has 0 bridgehead atoms. The van der Waals surface area contributed by atoms with Gasteiger partial charge in [-0.25, -0.2) is 8.78 Å². The molecule has 1 fully saturated rings. The maximum Gasteiger partial charge on any atom is 0.257 e. The van der Waals surface area contributed by atoms with Crippen LogP contribution in [0, 0.1) is 17.6 Å². The molecule has 0 unspecified atom stereocenters.